The molecular formula is C15H26N2O. The summed E-state index contributed by atoms with van der Waals surface area (Å²) >= 11 is 0. The Morgan fingerprint density at radius 3 is 2.39 bits per heavy atom. The van der Waals surface area contributed by atoms with Crippen LogP contribution in [0, 0.1) is 0 Å². The summed E-state index contributed by atoms with van der Waals surface area (Å²) in [6.07, 6.45) is 2.29. The average molecular weight is 250 g/mol. The molecule has 0 aromatic heterocycles. The lowest BCUT2D eigenvalue weighted by atomic mass is 10.0. The Hall–Kier alpha value is -1.06. The molecular weight excluding hydrogens is 224 g/mol. The smallest absolute Gasteiger partial charge is 0.118 e. The second kappa shape index (κ2) is 8.11. The van der Waals surface area contributed by atoms with Gasteiger partial charge in [0.25, 0.3) is 0 Å². The number of rotatable bonds is 8. The molecule has 0 bridgehead atoms. The van der Waals surface area contributed by atoms with Crippen LogP contribution in [0.3, 0.4) is 0 Å². The van der Waals surface area contributed by atoms with E-state index in [9.17, 15) is 0 Å². The van der Waals surface area contributed by atoms with Crippen molar-refractivity contribution in [2.24, 2.45) is 0 Å². The number of ether oxygens (including phenoxy) is 1. The van der Waals surface area contributed by atoms with Gasteiger partial charge in [0.15, 0.2) is 0 Å². The van der Waals surface area contributed by atoms with Crippen molar-refractivity contribution in [1.29, 1.82) is 0 Å². The Balaban J connectivity index is 2.44. The molecule has 3 nitrogen and oxygen atoms in total. The van der Waals surface area contributed by atoms with Crippen molar-refractivity contribution in [2.45, 2.75) is 25.8 Å². The topological polar surface area (TPSA) is 24.5 Å². The number of methoxy groups -OCH3 is 1. The summed E-state index contributed by atoms with van der Waals surface area (Å²) < 4.78 is 5.18. The highest BCUT2D eigenvalue weighted by Crippen LogP contribution is 2.19. The molecule has 1 aromatic carbocycles. The third kappa shape index (κ3) is 5.07. The first-order valence-corrected chi connectivity index (χ1v) is 6.69. The fourth-order valence-electron chi connectivity index (χ4n) is 2.01. The molecule has 1 aromatic rings. The van der Waals surface area contributed by atoms with Crippen LogP contribution in [-0.2, 0) is 0 Å². The molecule has 1 rings (SSSR count). The maximum atomic E-state index is 5.18. The second-order valence-corrected chi connectivity index (χ2v) is 4.84. The third-order valence-electron chi connectivity index (χ3n) is 3.10. The normalized spacial score (nSPS) is 12.7. The Labute approximate surface area is 111 Å². The minimum Gasteiger partial charge on any atom is -0.497 e. The zero-order valence-corrected chi connectivity index (χ0v) is 12.1. The van der Waals surface area contributed by atoms with Gasteiger partial charge in [0.1, 0.15) is 5.75 Å². The van der Waals surface area contributed by atoms with Crippen molar-refractivity contribution < 1.29 is 4.74 Å². The van der Waals surface area contributed by atoms with E-state index in [1.54, 1.807) is 7.11 Å². The SMILES string of the molecule is CCC(NCCCN(C)C)c1ccc(OC)cc1. The van der Waals surface area contributed by atoms with Crippen LogP contribution in [0.1, 0.15) is 31.4 Å². The summed E-state index contributed by atoms with van der Waals surface area (Å²) in [5.41, 5.74) is 1.34. The highest BCUT2D eigenvalue weighted by molar-refractivity contribution is 5.29. The van der Waals surface area contributed by atoms with Crippen LogP contribution in [0.2, 0.25) is 0 Å². The number of hydrogen-bond acceptors (Lipinski definition) is 3. The number of hydrogen-bond donors (Lipinski definition) is 1. The molecule has 0 heterocycles. The van der Waals surface area contributed by atoms with E-state index in [1.807, 2.05) is 12.1 Å². The first-order valence-electron chi connectivity index (χ1n) is 6.69. The van der Waals surface area contributed by atoms with Crippen molar-refractivity contribution in [3.63, 3.8) is 0 Å². The van der Waals surface area contributed by atoms with E-state index in [-0.39, 0.29) is 0 Å². The molecule has 0 fully saturated rings. The zero-order valence-electron chi connectivity index (χ0n) is 12.1. The van der Waals surface area contributed by atoms with Gasteiger partial charge in [-0.25, -0.2) is 0 Å². The number of benzene rings is 1. The van der Waals surface area contributed by atoms with Gasteiger partial charge in [-0.15, -0.1) is 0 Å². The summed E-state index contributed by atoms with van der Waals surface area (Å²) in [6.45, 7) is 4.41. The first-order chi connectivity index (χ1) is 8.67. The third-order valence-corrected chi connectivity index (χ3v) is 3.10. The molecule has 0 saturated carbocycles. The van der Waals surface area contributed by atoms with E-state index in [0.717, 1.165) is 25.3 Å². The monoisotopic (exact) mass is 250 g/mol. The minimum absolute atomic E-state index is 0.443. The van der Waals surface area contributed by atoms with Gasteiger partial charge in [0.05, 0.1) is 7.11 Å². The molecule has 0 aliphatic rings. The molecule has 1 N–H and O–H groups in total. The molecule has 0 spiro atoms. The van der Waals surface area contributed by atoms with E-state index >= 15 is 0 Å². The average Bonchev–Trinajstić information content (AvgIpc) is 2.39. The molecule has 1 unspecified atom stereocenters. The Bertz CT molecular complexity index is 322. The van der Waals surface area contributed by atoms with E-state index in [2.05, 4.69) is 43.4 Å². The van der Waals surface area contributed by atoms with Crippen LogP contribution in [0.5, 0.6) is 5.75 Å². The summed E-state index contributed by atoms with van der Waals surface area (Å²) in [5, 5.41) is 3.61. The van der Waals surface area contributed by atoms with Crippen LogP contribution < -0.4 is 10.1 Å². The quantitative estimate of drug-likeness (QED) is 0.718. The molecule has 0 aliphatic carbocycles. The lowest BCUT2D eigenvalue weighted by Gasteiger charge is -2.18. The van der Waals surface area contributed by atoms with Gasteiger partial charge in [-0.05, 0) is 57.7 Å². The maximum absolute atomic E-state index is 5.18. The molecule has 1 atom stereocenters. The summed E-state index contributed by atoms with van der Waals surface area (Å²) in [5.74, 6) is 0.918. The number of nitrogens with zero attached hydrogens (tertiary/aromatic N) is 1. The van der Waals surface area contributed by atoms with Gasteiger partial charge in [-0.1, -0.05) is 19.1 Å². The summed E-state index contributed by atoms with van der Waals surface area (Å²) in [6, 6.07) is 8.79. The summed E-state index contributed by atoms with van der Waals surface area (Å²) in [7, 11) is 5.92. The van der Waals surface area contributed by atoms with Gasteiger partial charge < -0.3 is 15.0 Å². The Kier molecular flexibility index (Phi) is 6.76. The largest absolute Gasteiger partial charge is 0.497 e. The molecule has 18 heavy (non-hydrogen) atoms. The second-order valence-electron chi connectivity index (χ2n) is 4.84. The fourth-order valence-corrected chi connectivity index (χ4v) is 2.01. The van der Waals surface area contributed by atoms with E-state index < -0.39 is 0 Å². The lowest BCUT2D eigenvalue weighted by Crippen LogP contribution is -2.25. The lowest BCUT2D eigenvalue weighted by molar-refractivity contribution is 0.385. The zero-order chi connectivity index (χ0) is 13.4. The maximum Gasteiger partial charge on any atom is 0.118 e. The predicted octanol–water partition coefficient (Wildman–Crippen LogP) is 2.69. The van der Waals surface area contributed by atoms with E-state index in [0.29, 0.717) is 6.04 Å². The van der Waals surface area contributed by atoms with E-state index in [1.165, 1.54) is 12.0 Å². The van der Waals surface area contributed by atoms with Gasteiger partial charge in [0, 0.05) is 6.04 Å². The van der Waals surface area contributed by atoms with Crippen LogP contribution in [0.25, 0.3) is 0 Å². The Morgan fingerprint density at radius 2 is 1.89 bits per heavy atom. The molecule has 0 saturated heterocycles. The van der Waals surface area contributed by atoms with Crippen LogP contribution in [-0.4, -0.2) is 39.2 Å². The molecule has 3 heteroatoms. The molecule has 0 amide bonds. The van der Waals surface area contributed by atoms with Crippen molar-refractivity contribution in [3.8, 4) is 5.75 Å². The molecule has 0 radical (unpaired) electrons. The highest BCUT2D eigenvalue weighted by atomic mass is 16.5. The van der Waals surface area contributed by atoms with Crippen molar-refractivity contribution in [2.75, 3.05) is 34.3 Å². The van der Waals surface area contributed by atoms with Gasteiger partial charge >= 0.3 is 0 Å². The molecule has 0 aliphatic heterocycles. The first kappa shape index (κ1) is 15.0. The van der Waals surface area contributed by atoms with Crippen LogP contribution in [0.15, 0.2) is 24.3 Å². The van der Waals surface area contributed by atoms with Crippen molar-refractivity contribution >= 4 is 0 Å². The molecule has 102 valence electrons. The van der Waals surface area contributed by atoms with Gasteiger partial charge in [-0.3, -0.25) is 0 Å². The fraction of sp³-hybridized carbons (Fsp3) is 0.600. The van der Waals surface area contributed by atoms with Crippen molar-refractivity contribution in [3.05, 3.63) is 29.8 Å². The predicted molar refractivity (Wildman–Crippen MR) is 77.2 cm³/mol. The standard InChI is InChI=1S/C15H26N2O/c1-5-15(16-11-6-12-17(2)3)13-7-9-14(18-4)10-8-13/h7-10,15-16H,5-6,11-12H2,1-4H3. The van der Waals surface area contributed by atoms with Crippen LogP contribution in [0.4, 0.5) is 0 Å². The highest BCUT2D eigenvalue weighted by Gasteiger charge is 2.08. The van der Waals surface area contributed by atoms with Gasteiger partial charge in [0.2, 0.25) is 0 Å². The summed E-state index contributed by atoms with van der Waals surface area (Å²) in [4.78, 5) is 2.22. The van der Waals surface area contributed by atoms with Gasteiger partial charge in [-0.2, -0.15) is 0 Å². The number of nitrogens with one attached hydrogen (secondary N) is 1. The minimum atomic E-state index is 0.443. The Morgan fingerprint density at radius 1 is 1.22 bits per heavy atom. The van der Waals surface area contributed by atoms with E-state index in [4.69, 9.17) is 4.74 Å². The van der Waals surface area contributed by atoms with Crippen LogP contribution >= 0.6 is 0 Å². The van der Waals surface area contributed by atoms with Crippen molar-refractivity contribution in [1.82, 2.24) is 10.2 Å².